The standard InChI is InChI=1S/C21H19N3O2/c1-14-18(11-12-19(23-14)15-7-4-3-5-8-15)21(26)24-17-10-6-9-16(13-17)20(25)22-2/h3-13H,1-2H3,(H,22,25)(H,24,26). The molecule has 0 aliphatic carbocycles. The van der Waals surface area contributed by atoms with Gasteiger partial charge in [-0.25, -0.2) is 0 Å². The van der Waals surface area contributed by atoms with E-state index in [1.165, 1.54) is 0 Å². The molecule has 1 aromatic heterocycles. The third-order valence-corrected chi connectivity index (χ3v) is 4.01. The van der Waals surface area contributed by atoms with Gasteiger partial charge in [0.1, 0.15) is 0 Å². The molecule has 130 valence electrons. The van der Waals surface area contributed by atoms with Gasteiger partial charge in [0.15, 0.2) is 0 Å². The number of carbonyl (C=O) groups is 2. The van der Waals surface area contributed by atoms with Gasteiger partial charge in [0.25, 0.3) is 11.8 Å². The van der Waals surface area contributed by atoms with Crippen LogP contribution in [0.3, 0.4) is 0 Å². The van der Waals surface area contributed by atoms with Crippen molar-refractivity contribution in [1.29, 1.82) is 0 Å². The van der Waals surface area contributed by atoms with Crippen molar-refractivity contribution in [1.82, 2.24) is 10.3 Å². The average molecular weight is 345 g/mol. The maximum Gasteiger partial charge on any atom is 0.257 e. The van der Waals surface area contributed by atoms with Gasteiger partial charge in [-0.1, -0.05) is 36.4 Å². The molecule has 3 aromatic rings. The molecule has 5 heteroatoms. The molecule has 2 N–H and O–H groups in total. The van der Waals surface area contributed by atoms with E-state index >= 15 is 0 Å². The summed E-state index contributed by atoms with van der Waals surface area (Å²) in [6.07, 6.45) is 0. The summed E-state index contributed by atoms with van der Waals surface area (Å²) in [6, 6.07) is 20.2. The molecule has 0 radical (unpaired) electrons. The second kappa shape index (κ2) is 7.61. The van der Waals surface area contributed by atoms with Gasteiger partial charge in [0.2, 0.25) is 0 Å². The number of pyridine rings is 1. The summed E-state index contributed by atoms with van der Waals surface area (Å²) in [5.74, 6) is -0.463. The maximum atomic E-state index is 12.6. The molecule has 2 aromatic carbocycles. The van der Waals surface area contributed by atoms with Crippen LogP contribution in [0.5, 0.6) is 0 Å². The third kappa shape index (κ3) is 3.78. The molecule has 2 amide bonds. The van der Waals surface area contributed by atoms with Gasteiger partial charge >= 0.3 is 0 Å². The first-order chi connectivity index (χ1) is 12.6. The summed E-state index contributed by atoms with van der Waals surface area (Å²) in [5, 5.41) is 5.38. The molecule has 5 nitrogen and oxygen atoms in total. The predicted octanol–water partition coefficient (Wildman–Crippen LogP) is 3.67. The van der Waals surface area contributed by atoms with Crippen molar-refractivity contribution >= 4 is 17.5 Å². The van der Waals surface area contributed by atoms with Gasteiger partial charge in [-0.2, -0.15) is 0 Å². The van der Waals surface area contributed by atoms with Crippen LogP contribution in [0, 0.1) is 6.92 Å². The van der Waals surface area contributed by atoms with Crippen LogP contribution in [0.2, 0.25) is 0 Å². The lowest BCUT2D eigenvalue weighted by atomic mass is 10.1. The molecule has 0 saturated heterocycles. The number of hydrogen-bond donors (Lipinski definition) is 2. The number of benzene rings is 2. The normalized spacial score (nSPS) is 10.2. The first-order valence-electron chi connectivity index (χ1n) is 8.25. The van der Waals surface area contributed by atoms with Crippen LogP contribution in [0.4, 0.5) is 5.69 Å². The van der Waals surface area contributed by atoms with Gasteiger partial charge in [0.05, 0.1) is 17.0 Å². The summed E-state index contributed by atoms with van der Waals surface area (Å²) in [5.41, 5.74) is 4.01. The van der Waals surface area contributed by atoms with Crippen molar-refractivity contribution < 1.29 is 9.59 Å². The minimum atomic E-state index is -0.260. The first kappa shape index (κ1) is 17.4. The van der Waals surface area contributed by atoms with Gasteiger partial charge < -0.3 is 10.6 Å². The number of aryl methyl sites for hydroxylation is 1. The Hall–Kier alpha value is -3.47. The molecule has 0 aliphatic rings. The zero-order valence-electron chi connectivity index (χ0n) is 14.6. The van der Waals surface area contributed by atoms with Crippen LogP contribution in [-0.2, 0) is 0 Å². The summed E-state index contributed by atoms with van der Waals surface area (Å²) < 4.78 is 0. The van der Waals surface area contributed by atoms with E-state index < -0.39 is 0 Å². The number of rotatable bonds is 4. The highest BCUT2D eigenvalue weighted by Gasteiger charge is 2.12. The molecule has 0 atom stereocenters. The number of aromatic nitrogens is 1. The number of amides is 2. The Kier molecular flexibility index (Phi) is 5.08. The Balaban J connectivity index is 1.81. The van der Waals surface area contributed by atoms with E-state index in [0.29, 0.717) is 22.5 Å². The van der Waals surface area contributed by atoms with E-state index in [1.54, 1.807) is 37.4 Å². The first-order valence-corrected chi connectivity index (χ1v) is 8.25. The molecule has 0 unspecified atom stereocenters. The number of nitrogens with zero attached hydrogens (tertiary/aromatic N) is 1. The fraction of sp³-hybridized carbons (Fsp3) is 0.0952. The summed E-state index contributed by atoms with van der Waals surface area (Å²) in [6.45, 7) is 1.81. The van der Waals surface area contributed by atoms with Crippen LogP contribution < -0.4 is 10.6 Å². The lowest BCUT2D eigenvalue weighted by molar-refractivity contribution is 0.0961. The van der Waals surface area contributed by atoms with E-state index in [-0.39, 0.29) is 11.8 Å². The Bertz CT molecular complexity index is 952. The van der Waals surface area contributed by atoms with Crippen LogP contribution in [0.15, 0.2) is 66.7 Å². The molecule has 1 heterocycles. The molecule has 3 rings (SSSR count). The van der Waals surface area contributed by atoms with Gasteiger partial charge in [-0.05, 0) is 37.3 Å². The Labute approximate surface area is 152 Å². The van der Waals surface area contributed by atoms with E-state index in [9.17, 15) is 9.59 Å². The minimum absolute atomic E-state index is 0.203. The summed E-state index contributed by atoms with van der Waals surface area (Å²) >= 11 is 0. The van der Waals surface area contributed by atoms with Crippen molar-refractivity contribution in [2.45, 2.75) is 6.92 Å². The SMILES string of the molecule is CNC(=O)c1cccc(NC(=O)c2ccc(-c3ccccc3)nc2C)c1. The lowest BCUT2D eigenvalue weighted by Gasteiger charge is -2.10. The smallest absolute Gasteiger partial charge is 0.257 e. The Morgan fingerprint density at radius 2 is 1.65 bits per heavy atom. The monoisotopic (exact) mass is 345 g/mol. The van der Waals surface area contributed by atoms with E-state index in [0.717, 1.165) is 11.3 Å². The van der Waals surface area contributed by atoms with Crippen LogP contribution in [-0.4, -0.2) is 23.8 Å². The number of nitrogens with one attached hydrogen (secondary N) is 2. The van der Waals surface area contributed by atoms with Gasteiger partial charge in [0, 0.05) is 23.9 Å². The number of hydrogen-bond acceptors (Lipinski definition) is 3. The lowest BCUT2D eigenvalue weighted by Crippen LogP contribution is -2.18. The second-order valence-corrected chi connectivity index (χ2v) is 5.81. The molecule has 0 spiro atoms. The topological polar surface area (TPSA) is 71.1 Å². The van der Waals surface area contributed by atoms with Crippen molar-refractivity contribution in [3.8, 4) is 11.3 Å². The van der Waals surface area contributed by atoms with Crippen LogP contribution in [0.1, 0.15) is 26.4 Å². The zero-order valence-corrected chi connectivity index (χ0v) is 14.6. The molecule has 26 heavy (non-hydrogen) atoms. The van der Waals surface area contributed by atoms with Crippen molar-refractivity contribution in [2.24, 2.45) is 0 Å². The third-order valence-electron chi connectivity index (χ3n) is 4.01. The number of anilines is 1. The van der Waals surface area contributed by atoms with Crippen LogP contribution in [0.25, 0.3) is 11.3 Å². The number of carbonyl (C=O) groups excluding carboxylic acids is 2. The maximum absolute atomic E-state index is 12.6. The van der Waals surface area contributed by atoms with E-state index in [4.69, 9.17) is 0 Å². The molecular weight excluding hydrogens is 326 g/mol. The highest BCUT2D eigenvalue weighted by Crippen LogP contribution is 2.19. The zero-order chi connectivity index (χ0) is 18.5. The Morgan fingerprint density at radius 3 is 2.35 bits per heavy atom. The predicted molar refractivity (Wildman–Crippen MR) is 102 cm³/mol. The molecule has 0 fully saturated rings. The van der Waals surface area contributed by atoms with E-state index in [1.807, 2.05) is 43.3 Å². The summed E-state index contributed by atoms with van der Waals surface area (Å²) in [4.78, 5) is 28.8. The average Bonchev–Trinajstić information content (AvgIpc) is 2.68. The van der Waals surface area contributed by atoms with E-state index in [2.05, 4.69) is 15.6 Å². The molecular formula is C21H19N3O2. The fourth-order valence-electron chi connectivity index (χ4n) is 2.65. The second-order valence-electron chi connectivity index (χ2n) is 5.81. The fourth-order valence-corrected chi connectivity index (χ4v) is 2.65. The molecule has 0 saturated carbocycles. The largest absolute Gasteiger partial charge is 0.355 e. The van der Waals surface area contributed by atoms with Crippen molar-refractivity contribution in [2.75, 3.05) is 12.4 Å². The Morgan fingerprint density at radius 1 is 0.885 bits per heavy atom. The van der Waals surface area contributed by atoms with Crippen molar-refractivity contribution in [3.05, 3.63) is 83.6 Å². The quantitative estimate of drug-likeness (QED) is 0.758. The van der Waals surface area contributed by atoms with Crippen molar-refractivity contribution in [3.63, 3.8) is 0 Å². The highest BCUT2D eigenvalue weighted by molar-refractivity contribution is 6.06. The highest BCUT2D eigenvalue weighted by atomic mass is 16.2. The summed E-state index contributed by atoms with van der Waals surface area (Å²) in [7, 11) is 1.57. The van der Waals surface area contributed by atoms with Gasteiger partial charge in [-0.15, -0.1) is 0 Å². The minimum Gasteiger partial charge on any atom is -0.355 e. The van der Waals surface area contributed by atoms with Crippen LogP contribution >= 0.6 is 0 Å². The van der Waals surface area contributed by atoms with Gasteiger partial charge in [-0.3, -0.25) is 14.6 Å². The molecule has 0 bridgehead atoms. The molecule has 0 aliphatic heterocycles.